The van der Waals surface area contributed by atoms with Crippen molar-refractivity contribution in [1.29, 1.82) is 0 Å². The molecule has 8 heteroatoms. The van der Waals surface area contributed by atoms with Gasteiger partial charge in [0.1, 0.15) is 6.54 Å². The average Bonchev–Trinajstić information content (AvgIpc) is 3.30. The van der Waals surface area contributed by atoms with E-state index in [4.69, 9.17) is 21.1 Å². The molecule has 0 atom stereocenters. The van der Waals surface area contributed by atoms with Gasteiger partial charge in [-0.2, -0.15) is 0 Å². The van der Waals surface area contributed by atoms with Crippen LogP contribution in [0.4, 0.5) is 5.69 Å². The average molecular weight is 479 g/mol. The van der Waals surface area contributed by atoms with E-state index in [1.165, 1.54) is 16.7 Å². The minimum atomic E-state index is -0.264. The second kappa shape index (κ2) is 9.21. The molecule has 0 unspecified atom stereocenters. The number of fused-ring (bicyclic) bond motifs is 2. The monoisotopic (exact) mass is 478 g/mol. The van der Waals surface area contributed by atoms with E-state index in [1.807, 2.05) is 60.7 Å². The number of ether oxygens (including phenoxy) is 2. The Morgan fingerprint density at radius 2 is 1.85 bits per heavy atom. The number of nitrogens with one attached hydrogen (secondary N) is 1. The van der Waals surface area contributed by atoms with Crippen molar-refractivity contribution < 1.29 is 19.1 Å². The van der Waals surface area contributed by atoms with Crippen LogP contribution < -0.4 is 19.7 Å². The summed E-state index contributed by atoms with van der Waals surface area (Å²) in [5.74, 6) is 0.848. The van der Waals surface area contributed by atoms with Crippen molar-refractivity contribution in [3.05, 3.63) is 87.8 Å². The summed E-state index contributed by atoms with van der Waals surface area (Å²) in [6, 6.07) is 20.4. The number of hydrogen-bond acceptors (Lipinski definition) is 5. The Kier molecular flexibility index (Phi) is 5.98. The highest BCUT2D eigenvalue weighted by molar-refractivity contribution is 8.04. The minimum absolute atomic E-state index is 0.0964. The molecule has 0 aliphatic carbocycles. The second-order valence-corrected chi connectivity index (χ2v) is 8.95. The van der Waals surface area contributed by atoms with Crippen LogP contribution in [0.3, 0.4) is 0 Å². The quantitative estimate of drug-likeness (QED) is 0.530. The van der Waals surface area contributed by atoms with E-state index in [0.717, 1.165) is 16.0 Å². The number of benzene rings is 3. The Bertz CT molecular complexity index is 1280. The van der Waals surface area contributed by atoms with E-state index in [-0.39, 0.29) is 25.2 Å². The fourth-order valence-electron chi connectivity index (χ4n) is 3.60. The number of halogens is 1. The van der Waals surface area contributed by atoms with Crippen molar-refractivity contribution in [1.82, 2.24) is 5.32 Å². The molecule has 2 aliphatic rings. The molecule has 6 nitrogen and oxygen atoms in total. The molecule has 0 saturated carbocycles. The SMILES string of the molecule is O=C(CN1C(=O)C(=Cc2ccccc2Cl)Sc2ccccc21)NCc1ccc2c(c1)OCO2. The van der Waals surface area contributed by atoms with Crippen molar-refractivity contribution in [2.24, 2.45) is 0 Å². The lowest BCUT2D eigenvalue weighted by atomic mass is 10.2. The lowest BCUT2D eigenvalue weighted by Crippen LogP contribution is -2.42. The summed E-state index contributed by atoms with van der Waals surface area (Å²) in [5, 5.41) is 3.45. The standard InChI is InChI=1S/C25H19ClN2O4S/c26-18-6-2-1-5-17(18)12-23-25(30)28(19-7-3-4-8-22(19)33-23)14-24(29)27-13-16-9-10-20-21(11-16)32-15-31-20/h1-12H,13-15H2,(H,27,29). The third-order valence-corrected chi connectivity index (χ3v) is 6.67. The Hall–Kier alpha value is -3.42. The molecule has 33 heavy (non-hydrogen) atoms. The number of para-hydroxylation sites is 1. The molecule has 1 N–H and O–H groups in total. The summed E-state index contributed by atoms with van der Waals surface area (Å²) in [5.41, 5.74) is 2.34. The number of carbonyl (C=O) groups excluding carboxylic acids is 2. The fraction of sp³-hybridized carbons (Fsp3) is 0.120. The number of nitrogens with zero attached hydrogens (tertiary/aromatic N) is 1. The molecular weight excluding hydrogens is 460 g/mol. The van der Waals surface area contributed by atoms with Gasteiger partial charge in [0, 0.05) is 16.5 Å². The predicted molar refractivity (Wildman–Crippen MR) is 128 cm³/mol. The van der Waals surface area contributed by atoms with Crippen LogP contribution in [0.15, 0.2) is 76.5 Å². The van der Waals surface area contributed by atoms with Crippen LogP contribution in [-0.4, -0.2) is 25.2 Å². The largest absolute Gasteiger partial charge is 0.454 e. The second-order valence-electron chi connectivity index (χ2n) is 7.46. The Morgan fingerprint density at radius 1 is 1.06 bits per heavy atom. The van der Waals surface area contributed by atoms with Crippen LogP contribution in [0.5, 0.6) is 11.5 Å². The van der Waals surface area contributed by atoms with Crippen LogP contribution in [0.1, 0.15) is 11.1 Å². The molecular formula is C25H19ClN2O4S. The van der Waals surface area contributed by atoms with Crippen molar-refractivity contribution >= 4 is 46.9 Å². The molecule has 3 aromatic rings. The van der Waals surface area contributed by atoms with Gasteiger partial charge < -0.3 is 14.8 Å². The fourth-order valence-corrected chi connectivity index (χ4v) is 4.84. The number of anilines is 1. The first-order valence-corrected chi connectivity index (χ1v) is 11.5. The third kappa shape index (κ3) is 4.55. The molecule has 2 heterocycles. The Morgan fingerprint density at radius 3 is 2.73 bits per heavy atom. The first-order valence-electron chi connectivity index (χ1n) is 10.3. The lowest BCUT2D eigenvalue weighted by Gasteiger charge is -2.29. The van der Waals surface area contributed by atoms with Crippen molar-refractivity contribution in [3.63, 3.8) is 0 Å². The number of carbonyl (C=O) groups is 2. The molecule has 0 spiro atoms. The summed E-state index contributed by atoms with van der Waals surface area (Å²) in [4.78, 5) is 29.0. The van der Waals surface area contributed by atoms with Gasteiger partial charge in [-0.3, -0.25) is 14.5 Å². The Labute approximate surface area is 200 Å². The van der Waals surface area contributed by atoms with Crippen molar-refractivity contribution in [2.75, 3.05) is 18.2 Å². The van der Waals surface area contributed by atoms with E-state index in [1.54, 1.807) is 12.1 Å². The molecule has 0 aromatic heterocycles. The highest BCUT2D eigenvalue weighted by Gasteiger charge is 2.30. The summed E-state index contributed by atoms with van der Waals surface area (Å²) >= 11 is 7.66. The van der Waals surface area contributed by atoms with E-state index < -0.39 is 0 Å². The van der Waals surface area contributed by atoms with Gasteiger partial charge in [0.2, 0.25) is 12.7 Å². The summed E-state index contributed by atoms with van der Waals surface area (Å²) < 4.78 is 10.7. The highest BCUT2D eigenvalue weighted by atomic mass is 35.5. The number of hydrogen-bond donors (Lipinski definition) is 1. The van der Waals surface area contributed by atoms with Crippen LogP contribution in [-0.2, 0) is 16.1 Å². The maximum atomic E-state index is 13.3. The molecule has 0 saturated heterocycles. The molecule has 0 radical (unpaired) electrons. The molecule has 3 aromatic carbocycles. The number of thioether (sulfide) groups is 1. The van der Waals surface area contributed by atoms with Gasteiger partial charge in [-0.05, 0) is 47.5 Å². The zero-order valence-electron chi connectivity index (χ0n) is 17.4. The molecule has 2 aliphatic heterocycles. The summed E-state index contributed by atoms with van der Waals surface area (Å²) in [7, 11) is 0. The van der Waals surface area contributed by atoms with Crippen LogP contribution in [0.2, 0.25) is 5.02 Å². The molecule has 5 rings (SSSR count). The third-order valence-electron chi connectivity index (χ3n) is 5.25. The maximum absolute atomic E-state index is 13.3. The van der Waals surface area contributed by atoms with Crippen LogP contribution >= 0.6 is 23.4 Å². The zero-order chi connectivity index (χ0) is 22.8. The van der Waals surface area contributed by atoms with Gasteiger partial charge in [0.05, 0.1) is 10.6 Å². The smallest absolute Gasteiger partial charge is 0.265 e. The van der Waals surface area contributed by atoms with Gasteiger partial charge in [-0.1, -0.05) is 59.8 Å². The predicted octanol–water partition coefficient (Wildman–Crippen LogP) is 4.86. The number of rotatable bonds is 5. The first-order chi connectivity index (χ1) is 16.1. The minimum Gasteiger partial charge on any atom is -0.454 e. The normalized spacial score (nSPS) is 15.5. The lowest BCUT2D eigenvalue weighted by molar-refractivity contribution is -0.122. The van der Waals surface area contributed by atoms with Crippen molar-refractivity contribution in [2.45, 2.75) is 11.4 Å². The van der Waals surface area contributed by atoms with Gasteiger partial charge >= 0.3 is 0 Å². The van der Waals surface area contributed by atoms with Gasteiger partial charge in [-0.15, -0.1) is 0 Å². The van der Waals surface area contributed by atoms with Gasteiger partial charge in [0.25, 0.3) is 5.91 Å². The zero-order valence-corrected chi connectivity index (χ0v) is 19.0. The van der Waals surface area contributed by atoms with E-state index >= 15 is 0 Å². The molecule has 166 valence electrons. The molecule has 0 fully saturated rings. The summed E-state index contributed by atoms with van der Waals surface area (Å²) in [6.45, 7) is 0.417. The summed E-state index contributed by atoms with van der Waals surface area (Å²) in [6.07, 6.45) is 1.77. The Balaban J connectivity index is 1.34. The maximum Gasteiger partial charge on any atom is 0.265 e. The van der Waals surface area contributed by atoms with E-state index in [2.05, 4.69) is 5.32 Å². The molecule has 2 amide bonds. The van der Waals surface area contributed by atoms with Gasteiger partial charge in [0.15, 0.2) is 11.5 Å². The van der Waals surface area contributed by atoms with Crippen LogP contribution in [0, 0.1) is 0 Å². The topological polar surface area (TPSA) is 67.9 Å². The molecule has 0 bridgehead atoms. The van der Waals surface area contributed by atoms with Crippen molar-refractivity contribution in [3.8, 4) is 11.5 Å². The highest BCUT2D eigenvalue weighted by Crippen LogP contribution is 2.42. The van der Waals surface area contributed by atoms with Gasteiger partial charge in [-0.25, -0.2) is 0 Å². The number of amides is 2. The first kappa shape index (κ1) is 21.4. The van der Waals surface area contributed by atoms with E-state index in [9.17, 15) is 9.59 Å². The van der Waals surface area contributed by atoms with Crippen LogP contribution in [0.25, 0.3) is 6.08 Å². The van der Waals surface area contributed by atoms with E-state index in [0.29, 0.717) is 33.7 Å².